The second-order valence-electron chi connectivity index (χ2n) is 6.38. The molecule has 1 aliphatic rings. The maximum atomic E-state index is 12.3. The van der Waals surface area contributed by atoms with Gasteiger partial charge in [0, 0.05) is 23.0 Å². The highest BCUT2D eigenvalue weighted by Crippen LogP contribution is 2.45. The van der Waals surface area contributed by atoms with Gasteiger partial charge in [-0.2, -0.15) is 4.98 Å². The van der Waals surface area contributed by atoms with Crippen LogP contribution in [0.25, 0.3) is 0 Å². The molecule has 2 rings (SSSR count). The lowest BCUT2D eigenvalue weighted by Gasteiger charge is -2.30. The van der Waals surface area contributed by atoms with Crippen LogP contribution >= 0.6 is 0 Å². The Hall–Kier alpha value is -1.65. The Balaban J connectivity index is 2.59. The first-order valence-electron chi connectivity index (χ1n) is 7.04. The molecule has 0 bridgehead atoms. The normalized spacial score (nSPS) is 21.1. The molecule has 0 aliphatic heterocycles. The van der Waals surface area contributed by atoms with Crippen LogP contribution in [0.3, 0.4) is 0 Å². The summed E-state index contributed by atoms with van der Waals surface area (Å²) < 4.78 is 1.72. The summed E-state index contributed by atoms with van der Waals surface area (Å²) in [5, 5.41) is 9.03. The third-order valence-corrected chi connectivity index (χ3v) is 4.54. The van der Waals surface area contributed by atoms with Crippen molar-refractivity contribution < 1.29 is 9.90 Å². The van der Waals surface area contributed by atoms with Gasteiger partial charge in [0.15, 0.2) is 0 Å². The maximum absolute atomic E-state index is 12.3. The number of aryl methyl sites for hydroxylation is 1. The molecule has 110 valence electrons. The van der Waals surface area contributed by atoms with E-state index >= 15 is 0 Å². The zero-order valence-corrected chi connectivity index (χ0v) is 12.6. The quantitative estimate of drug-likeness (QED) is 0.920. The SMILES string of the molecule is Cc1nc(=O)n(C2CCCC2(C)C)c(C)c1CC(=O)O. The Labute approximate surface area is 118 Å². The van der Waals surface area contributed by atoms with Crippen molar-refractivity contribution in [1.82, 2.24) is 9.55 Å². The van der Waals surface area contributed by atoms with Crippen LogP contribution in [-0.4, -0.2) is 20.6 Å². The Morgan fingerprint density at radius 1 is 1.45 bits per heavy atom. The summed E-state index contributed by atoms with van der Waals surface area (Å²) in [7, 11) is 0. The van der Waals surface area contributed by atoms with Crippen LogP contribution < -0.4 is 5.69 Å². The number of hydrogen-bond acceptors (Lipinski definition) is 3. The van der Waals surface area contributed by atoms with Crippen molar-refractivity contribution in [3.05, 3.63) is 27.4 Å². The molecule has 1 fully saturated rings. The summed E-state index contributed by atoms with van der Waals surface area (Å²) in [4.78, 5) is 27.3. The van der Waals surface area contributed by atoms with Gasteiger partial charge in [-0.1, -0.05) is 20.3 Å². The van der Waals surface area contributed by atoms with Gasteiger partial charge in [-0.15, -0.1) is 0 Å². The molecule has 0 saturated heterocycles. The number of aromatic nitrogens is 2. The highest BCUT2D eigenvalue weighted by Gasteiger charge is 2.37. The molecule has 1 aromatic rings. The molecule has 1 aliphatic carbocycles. The number of carboxylic acid groups (broad SMARTS) is 1. The van der Waals surface area contributed by atoms with Crippen LogP contribution in [0, 0.1) is 19.3 Å². The second kappa shape index (κ2) is 5.04. The van der Waals surface area contributed by atoms with E-state index in [0.717, 1.165) is 25.0 Å². The van der Waals surface area contributed by atoms with Crippen LogP contribution in [0.15, 0.2) is 4.79 Å². The lowest BCUT2D eigenvalue weighted by atomic mass is 9.87. The van der Waals surface area contributed by atoms with Gasteiger partial charge in [0.25, 0.3) is 0 Å². The van der Waals surface area contributed by atoms with Gasteiger partial charge in [0.1, 0.15) is 0 Å². The van der Waals surface area contributed by atoms with E-state index in [1.165, 1.54) is 0 Å². The Morgan fingerprint density at radius 2 is 2.10 bits per heavy atom. The number of rotatable bonds is 3. The summed E-state index contributed by atoms with van der Waals surface area (Å²) >= 11 is 0. The van der Waals surface area contributed by atoms with Gasteiger partial charge < -0.3 is 5.11 Å². The van der Waals surface area contributed by atoms with Crippen LogP contribution in [0.4, 0.5) is 0 Å². The van der Waals surface area contributed by atoms with Crippen molar-refractivity contribution in [2.24, 2.45) is 5.41 Å². The zero-order valence-electron chi connectivity index (χ0n) is 12.6. The largest absolute Gasteiger partial charge is 0.481 e. The van der Waals surface area contributed by atoms with E-state index in [0.29, 0.717) is 11.3 Å². The Bertz CT molecular complexity index is 602. The summed E-state index contributed by atoms with van der Waals surface area (Å²) in [5.74, 6) is -0.895. The van der Waals surface area contributed by atoms with Crippen LogP contribution in [0.2, 0.25) is 0 Å². The molecular formula is C15H22N2O3. The number of carboxylic acids is 1. The number of hydrogen-bond donors (Lipinski definition) is 1. The van der Waals surface area contributed by atoms with Gasteiger partial charge in [-0.25, -0.2) is 4.79 Å². The smallest absolute Gasteiger partial charge is 0.348 e. The average molecular weight is 278 g/mol. The summed E-state index contributed by atoms with van der Waals surface area (Å²) in [6.45, 7) is 7.86. The standard InChI is InChI=1S/C15H22N2O3/c1-9-11(8-13(18)19)10(2)17(14(20)16-9)12-6-5-7-15(12,3)4/h12H,5-8H2,1-4H3,(H,18,19). The third kappa shape index (κ3) is 2.49. The molecule has 5 heteroatoms. The van der Waals surface area contributed by atoms with Gasteiger partial charge in [-0.3, -0.25) is 9.36 Å². The third-order valence-electron chi connectivity index (χ3n) is 4.54. The first-order chi connectivity index (χ1) is 9.24. The van der Waals surface area contributed by atoms with Crippen molar-refractivity contribution in [2.75, 3.05) is 0 Å². The van der Waals surface area contributed by atoms with Crippen molar-refractivity contribution in [1.29, 1.82) is 0 Å². The van der Waals surface area contributed by atoms with Crippen LogP contribution in [0.1, 0.15) is 56.1 Å². The maximum Gasteiger partial charge on any atom is 0.348 e. The second-order valence-corrected chi connectivity index (χ2v) is 6.38. The Morgan fingerprint density at radius 3 is 2.60 bits per heavy atom. The summed E-state index contributed by atoms with van der Waals surface area (Å²) in [6.07, 6.45) is 3.03. The van der Waals surface area contributed by atoms with E-state index in [-0.39, 0.29) is 23.6 Å². The van der Waals surface area contributed by atoms with Crippen molar-refractivity contribution in [2.45, 2.75) is 59.4 Å². The first-order valence-corrected chi connectivity index (χ1v) is 7.04. The molecule has 1 atom stereocenters. The molecule has 5 nitrogen and oxygen atoms in total. The van der Waals surface area contributed by atoms with Crippen LogP contribution in [-0.2, 0) is 11.2 Å². The lowest BCUT2D eigenvalue weighted by Crippen LogP contribution is -2.35. The molecule has 0 radical (unpaired) electrons. The van der Waals surface area contributed by atoms with Crippen molar-refractivity contribution in [3.8, 4) is 0 Å². The molecule has 20 heavy (non-hydrogen) atoms. The molecule has 1 saturated carbocycles. The van der Waals surface area contributed by atoms with Gasteiger partial charge in [-0.05, 0) is 32.1 Å². The molecule has 0 spiro atoms. The highest BCUT2D eigenvalue weighted by atomic mass is 16.4. The van der Waals surface area contributed by atoms with Crippen molar-refractivity contribution in [3.63, 3.8) is 0 Å². The minimum Gasteiger partial charge on any atom is -0.481 e. The molecule has 1 unspecified atom stereocenters. The lowest BCUT2D eigenvalue weighted by molar-refractivity contribution is -0.136. The molecular weight excluding hydrogens is 256 g/mol. The van der Waals surface area contributed by atoms with E-state index < -0.39 is 5.97 Å². The molecule has 0 aromatic carbocycles. The highest BCUT2D eigenvalue weighted by molar-refractivity contribution is 5.70. The fourth-order valence-electron chi connectivity index (χ4n) is 3.38. The molecule has 1 heterocycles. The van der Waals surface area contributed by atoms with Crippen molar-refractivity contribution >= 4 is 5.97 Å². The number of aliphatic carboxylic acids is 1. The minimum absolute atomic E-state index is 0.0476. The van der Waals surface area contributed by atoms with Gasteiger partial charge in [0.05, 0.1) is 6.42 Å². The average Bonchev–Trinajstić information content (AvgIpc) is 2.64. The van der Waals surface area contributed by atoms with E-state index in [1.807, 2.05) is 6.92 Å². The van der Waals surface area contributed by atoms with Gasteiger partial charge >= 0.3 is 11.7 Å². The van der Waals surface area contributed by atoms with Crippen LogP contribution in [0.5, 0.6) is 0 Å². The predicted octanol–water partition coefficient (Wildman–Crippen LogP) is 2.24. The topological polar surface area (TPSA) is 72.2 Å². The summed E-state index contributed by atoms with van der Waals surface area (Å²) in [5.41, 5.74) is 1.74. The number of carbonyl (C=O) groups is 1. The molecule has 1 aromatic heterocycles. The predicted molar refractivity (Wildman–Crippen MR) is 76.0 cm³/mol. The zero-order chi connectivity index (χ0) is 15.1. The Kier molecular flexibility index (Phi) is 3.71. The number of nitrogens with zero attached hydrogens (tertiary/aromatic N) is 2. The molecule has 0 amide bonds. The van der Waals surface area contributed by atoms with E-state index in [4.69, 9.17) is 5.11 Å². The van der Waals surface area contributed by atoms with E-state index in [9.17, 15) is 9.59 Å². The molecule has 1 N–H and O–H groups in total. The van der Waals surface area contributed by atoms with E-state index in [1.54, 1.807) is 11.5 Å². The fourth-order valence-corrected chi connectivity index (χ4v) is 3.38. The first kappa shape index (κ1) is 14.8. The fraction of sp³-hybridized carbons (Fsp3) is 0.667. The minimum atomic E-state index is -0.895. The monoisotopic (exact) mass is 278 g/mol. The summed E-state index contributed by atoms with van der Waals surface area (Å²) in [6, 6.07) is 0.107. The van der Waals surface area contributed by atoms with Gasteiger partial charge in [0.2, 0.25) is 0 Å². The van der Waals surface area contributed by atoms with E-state index in [2.05, 4.69) is 18.8 Å².